The second-order valence-corrected chi connectivity index (χ2v) is 21.0. The topological polar surface area (TPSA) is 66.0 Å². The van der Waals surface area contributed by atoms with E-state index in [1.54, 1.807) is 0 Å². The normalized spacial score (nSPS) is 11.6. The van der Waals surface area contributed by atoms with Gasteiger partial charge in [0.1, 0.15) is 11.2 Å². The minimum atomic E-state index is 0.431. The van der Waals surface area contributed by atoms with Gasteiger partial charge in [-0.3, -0.25) is 0 Å². The van der Waals surface area contributed by atoms with Crippen LogP contribution in [0.25, 0.3) is 160 Å². The lowest BCUT2D eigenvalue weighted by atomic mass is 10.0. The standard InChI is InChI=1S/C76H46N6O/c1-77-64-47-69-70(58-33-20-34-59(73(58)83-69)76-79-74(52-29-16-6-17-30-52)78-75(80-76)53-31-18-7-19-32-53)72(82-67-41-37-56(50-25-12-4-13-26-50)45-62(67)63-46-57(38-42-68(63)82)51-27-14-5-15-28-51)71(64)81-65-39-35-54(48-21-8-2-9-22-48)43-60(65)61-44-55(36-40-66(61)81)49-23-10-3-11-24-49/h2-47H. The molecule has 7 heteroatoms. The Hall–Kier alpha value is -11.5. The van der Waals surface area contributed by atoms with Gasteiger partial charge in [0.15, 0.2) is 17.5 Å². The molecule has 0 aliphatic heterocycles. The molecule has 0 unspecified atom stereocenters. The maximum Gasteiger partial charge on any atom is 0.216 e. The zero-order valence-corrected chi connectivity index (χ0v) is 44.6. The van der Waals surface area contributed by atoms with Crippen molar-refractivity contribution in [3.63, 3.8) is 0 Å². The van der Waals surface area contributed by atoms with Crippen LogP contribution in [0.2, 0.25) is 0 Å². The molecule has 4 heterocycles. The summed E-state index contributed by atoms with van der Waals surface area (Å²) in [6, 6.07) is 97.5. The molecule has 16 aromatic rings. The van der Waals surface area contributed by atoms with Crippen LogP contribution in [0.15, 0.2) is 283 Å². The van der Waals surface area contributed by atoms with Gasteiger partial charge in [-0.15, -0.1) is 0 Å². The molecule has 0 N–H and O–H groups in total. The molecule has 0 spiro atoms. The number of hydrogen-bond acceptors (Lipinski definition) is 4. The fraction of sp³-hybridized carbons (Fsp3) is 0. The van der Waals surface area contributed by atoms with Crippen LogP contribution in [0, 0.1) is 6.57 Å². The Balaban J connectivity index is 1.06. The number of hydrogen-bond donors (Lipinski definition) is 0. The van der Waals surface area contributed by atoms with E-state index in [0.29, 0.717) is 39.9 Å². The van der Waals surface area contributed by atoms with Crippen molar-refractivity contribution in [3.05, 3.63) is 290 Å². The molecule has 12 aromatic carbocycles. The van der Waals surface area contributed by atoms with E-state index in [9.17, 15) is 6.57 Å². The summed E-state index contributed by atoms with van der Waals surface area (Å²) in [7, 11) is 0. The fourth-order valence-corrected chi connectivity index (χ4v) is 12.3. The molecule has 0 amide bonds. The molecule has 4 aromatic heterocycles. The molecule has 83 heavy (non-hydrogen) atoms. The first kappa shape index (κ1) is 47.5. The third-order valence-electron chi connectivity index (χ3n) is 16.2. The number of nitrogens with zero attached hydrogens (tertiary/aromatic N) is 6. The van der Waals surface area contributed by atoms with Crippen molar-refractivity contribution in [1.82, 2.24) is 24.1 Å². The van der Waals surface area contributed by atoms with E-state index in [-0.39, 0.29) is 0 Å². The lowest BCUT2D eigenvalue weighted by molar-refractivity contribution is 0.669. The third-order valence-corrected chi connectivity index (χ3v) is 16.2. The second kappa shape index (κ2) is 19.4. The molecule has 0 atom stereocenters. The van der Waals surface area contributed by atoms with Crippen LogP contribution in [-0.2, 0) is 0 Å². The summed E-state index contributed by atoms with van der Waals surface area (Å²) < 4.78 is 12.0. The largest absolute Gasteiger partial charge is 0.457 e. The zero-order chi connectivity index (χ0) is 55.0. The molecular formula is C76H46N6O. The molecule has 0 saturated heterocycles. The minimum absolute atomic E-state index is 0.431. The predicted octanol–water partition coefficient (Wildman–Crippen LogP) is 20.2. The highest BCUT2D eigenvalue weighted by atomic mass is 16.3. The van der Waals surface area contributed by atoms with Gasteiger partial charge >= 0.3 is 0 Å². The van der Waals surface area contributed by atoms with Crippen molar-refractivity contribution >= 4 is 71.2 Å². The highest BCUT2D eigenvalue weighted by molar-refractivity contribution is 6.21. The van der Waals surface area contributed by atoms with E-state index < -0.39 is 0 Å². The van der Waals surface area contributed by atoms with Crippen LogP contribution < -0.4 is 0 Å². The Labute approximate surface area is 477 Å². The van der Waals surface area contributed by atoms with Crippen molar-refractivity contribution in [2.45, 2.75) is 0 Å². The molecule has 0 bridgehead atoms. The third kappa shape index (κ3) is 7.92. The van der Waals surface area contributed by atoms with Gasteiger partial charge in [0.25, 0.3) is 0 Å². The number of aromatic nitrogens is 5. The summed E-state index contributed by atoms with van der Waals surface area (Å²) in [5.74, 6) is 1.57. The van der Waals surface area contributed by atoms with E-state index in [1.165, 1.54) is 0 Å². The Morgan fingerprint density at radius 2 is 0.651 bits per heavy atom. The van der Waals surface area contributed by atoms with E-state index >= 15 is 0 Å². The predicted molar refractivity (Wildman–Crippen MR) is 340 cm³/mol. The Kier molecular flexibility index (Phi) is 11.1. The summed E-state index contributed by atoms with van der Waals surface area (Å²) in [5.41, 5.74) is 18.4. The van der Waals surface area contributed by atoms with Crippen LogP contribution in [0.3, 0.4) is 0 Å². The molecule has 386 valence electrons. The van der Waals surface area contributed by atoms with E-state index in [4.69, 9.17) is 19.4 Å². The van der Waals surface area contributed by atoms with Crippen LogP contribution in [0.1, 0.15) is 0 Å². The van der Waals surface area contributed by atoms with Gasteiger partial charge < -0.3 is 13.6 Å². The zero-order valence-electron chi connectivity index (χ0n) is 44.6. The molecular weight excluding hydrogens is 1010 g/mol. The minimum Gasteiger partial charge on any atom is -0.457 e. The van der Waals surface area contributed by atoms with Crippen molar-refractivity contribution in [2.75, 3.05) is 0 Å². The summed E-state index contributed by atoms with van der Waals surface area (Å²) in [6.07, 6.45) is 0. The highest BCUT2D eigenvalue weighted by Gasteiger charge is 2.29. The first-order valence-electron chi connectivity index (χ1n) is 27.8. The average Bonchev–Trinajstić information content (AvgIpc) is 1.81. The van der Waals surface area contributed by atoms with Gasteiger partial charge in [0.05, 0.1) is 51.0 Å². The monoisotopic (exact) mass is 1060 g/mol. The lowest BCUT2D eigenvalue weighted by Crippen LogP contribution is -2.05. The first-order valence-corrected chi connectivity index (χ1v) is 27.8. The fourth-order valence-electron chi connectivity index (χ4n) is 12.3. The summed E-state index contributed by atoms with van der Waals surface area (Å²) in [5, 5.41) is 5.99. The Morgan fingerprint density at radius 1 is 0.301 bits per heavy atom. The van der Waals surface area contributed by atoms with E-state index in [2.05, 4.69) is 220 Å². The summed E-state index contributed by atoms with van der Waals surface area (Å²) >= 11 is 0. The lowest BCUT2D eigenvalue weighted by Gasteiger charge is -2.20. The van der Waals surface area contributed by atoms with Crippen molar-refractivity contribution in [1.29, 1.82) is 0 Å². The van der Waals surface area contributed by atoms with Gasteiger partial charge in [-0.1, -0.05) is 218 Å². The van der Waals surface area contributed by atoms with Gasteiger partial charge in [-0.05, 0) is 105 Å². The van der Waals surface area contributed by atoms with Gasteiger partial charge in [-0.25, -0.2) is 19.8 Å². The smallest absolute Gasteiger partial charge is 0.216 e. The number of furan rings is 1. The molecule has 0 aliphatic carbocycles. The molecule has 7 nitrogen and oxygen atoms in total. The van der Waals surface area contributed by atoms with E-state index in [0.717, 1.165) is 121 Å². The maximum absolute atomic E-state index is 9.32. The number of fused-ring (bicyclic) bond motifs is 9. The van der Waals surface area contributed by atoms with Crippen LogP contribution >= 0.6 is 0 Å². The molecule has 0 radical (unpaired) electrons. The first-order chi connectivity index (χ1) is 41.1. The van der Waals surface area contributed by atoms with E-state index in [1.807, 2.05) is 72.8 Å². The number of benzene rings is 12. The molecule has 16 rings (SSSR count). The van der Waals surface area contributed by atoms with Gasteiger partial charge in [-0.2, -0.15) is 0 Å². The van der Waals surface area contributed by atoms with Crippen molar-refractivity contribution in [3.8, 4) is 90.0 Å². The van der Waals surface area contributed by atoms with Gasteiger partial charge in [0, 0.05) is 38.1 Å². The highest BCUT2D eigenvalue weighted by Crippen LogP contribution is 2.50. The van der Waals surface area contributed by atoms with Crippen LogP contribution in [0.4, 0.5) is 5.69 Å². The Bertz CT molecular complexity index is 4990. The molecule has 0 aliphatic rings. The maximum atomic E-state index is 9.32. The SMILES string of the molecule is [C-]#[N+]c1cc2oc3c(-c4nc(-c5ccccc5)nc(-c5ccccc5)n4)cccc3c2c(-n2c3ccc(-c4ccccc4)cc3c3cc(-c4ccccc4)ccc32)c1-n1c2ccc(-c3ccccc3)cc2c2cc(-c3ccccc3)ccc21. The van der Waals surface area contributed by atoms with Crippen LogP contribution in [-0.4, -0.2) is 24.1 Å². The average molecular weight is 1060 g/mol. The number of rotatable bonds is 9. The second-order valence-electron chi connectivity index (χ2n) is 21.0. The van der Waals surface area contributed by atoms with Crippen molar-refractivity contribution < 1.29 is 4.42 Å². The quantitative estimate of drug-likeness (QED) is 0.135. The van der Waals surface area contributed by atoms with Gasteiger partial charge in [0.2, 0.25) is 5.69 Å². The molecule has 0 fully saturated rings. The van der Waals surface area contributed by atoms with Crippen molar-refractivity contribution in [2.24, 2.45) is 0 Å². The summed E-state index contributed by atoms with van der Waals surface area (Å²) in [4.78, 5) is 20.0. The Morgan fingerprint density at radius 3 is 1.02 bits per heavy atom. The number of para-hydroxylation sites is 1. The molecule has 0 saturated carbocycles. The summed E-state index contributed by atoms with van der Waals surface area (Å²) in [6.45, 7) is 9.32. The van der Waals surface area contributed by atoms with Crippen LogP contribution in [0.5, 0.6) is 0 Å².